The number of phosphoric ester groups is 1. The molecule has 2 N–H and O–H groups in total. The van der Waals surface area contributed by atoms with Gasteiger partial charge in [-0.1, -0.05) is 224 Å². The zero-order valence-electron chi connectivity index (χ0n) is 49.7. The molecule has 0 radical (unpaired) electrons. The van der Waals surface area contributed by atoms with Crippen LogP contribution in [0, 0.1) is 0 Å². The lowest BCUT2D eigenvalue weighted by Gasteiger charge is -2.21. The van der Waals surface area contributed by atoms with Crippen LogP contribution >= 0.6 is 7.82 Å². The normalized spacial score (nSPS) is 14.4. The van der Waals surface area contributed by atoms with Crippen molar-refractivity contribution >= 4 is 25.7 Å². The fraction of sp³-hybridized carbons (Fsp3) is 0.574. The number of carbonyl (C=O) groups is 3. The Morgan fingerprint density at radius 3 is 1.01 bits per heavy atom. The van der Waals surface area contributed by atoms with Gasteiger partial charge in [0.05, 0.1) is 19.8 Å². The number of hydrogen-bond acceptors (Lipinski definition) is 10. The Kier molecular flexibility index (Phi) is 56.5. The van der Waals surface area contributed by atoms with Gasteiger partial charge in [0.25, 0.3) is 0 Å². The van der Waals surface area contributed by atoms with E-state index in [0.29, 0.717) is 25.7 Å². The molecule has 80 heavy (non-hydrogen) atoms. The second-order valence-corrected chi connectivity index (χ2v) is 20.8. The van der Waals surface area contributed by atoms with Gasteiger partial charge in [0.2, 0.25) is 0 Å². The molecule has 0 aromatic carbocycles. The minimum atomic E-state index is -4.79. The molecular formula is C68H107O11P. The highest BCUT2D eigenvalue weighted by Gasteiger charge is 2.28. The molecule has 3 atom stereocenters. The Labute approximate surface area is 485 Å². The van der Waals surface area contributed by atoms with Crippen molar-refractivity contribution in [3.8, 4) is 0 Å². The fourth-order valence-corrected chi connectivity index (χ4v) is 8.23. The van der Waals surface area contributed by atoms with Gasteiger partial charge in [-0.05, 0) is 128 Å². The molecule has 450 valence electrons. The number of hydrogen-bond donors (Lipinski definition) is 2. The summed E-state index contributed by atoms with van der Waals surface area (Å²) < 4.78 is 39.5. The van der Waals surface area contributed by atoms with Crippen molar-refractivity contribution in [3.05, 3.63) is 158 Å². The summed E-state index contributed by atoms with van der Waals surface area (Å²) in [7, 11) is -4.79. The summed E-state index contributed by atoms with van der Waals surface area (Å²) in [4.78, 5) is 48.7. The number of esters is 3. The third kappa shape index (κ3) is 57.8. The maximum absolute atomic E-state index is 12.9. The molecule has 0 saturated heterocycles. The first-order valence-corrected chi connectivity index (χ1v) is 31.9. The third-order valence-corrected chi connectivity index (χ3v) is 12.9. The van der Waals surface area contributed by atoms with Crippen LogP contribution < -0.4 is 0 Å². The summed E-state index contributed by atoms with van der Waals surface area (Å²) in [6, 6.07) is 0. The van der Waals surface area contributed by atoms with Gasteiger partial charge in [0.15, 0.2) is 6.10 Å². The minimum absolute atomic E-state index is 0.0290. The van der Waals surface area contributed by atoms with E-state index in [9.17, 15) is 28.9 Å². The van der Waals surface area contributed by atoms with Crippen LogP contribution in [0.15, 0.2) is 158 Å². The van der Waals surface area contributed by atoms with Crippen LogP contribution in [0.2, 0.25) is 0 Å². The van der Waals surface area contributed by atoms with Crippen molar-refractivity contribution in [2.24, 2.45) is 0 Å². The molecule has 0 aliphatic heterocycles. The molecule has 0 aliphatic carbocycles. The van der Waals surface area contributed by atoms with E-state index in [4.69, 9.17) is 23.3 Å². The second kappa shape index (κ2) is 60.2. The van der Waals surface area contributed by atoms with Crippen molar-refractivity contribution in [1.82, 2.24) is 0 Å². The largest absolute Gasteiger partial charge is 0.472 e. The summed E-state index contributed by atoms with van der Waals surface area (Å²) in [5.74, 6) is -1.62. The maximum atomic E-state index is 12.9. The lowest BCUT2D eigenvalue weighted by molar-refractivity contribution is -0.161. The van der Waals surface area contributed by atoms with Gasteiger partial charge in [0.1, 0.15) is 12.7 Å². The molecule has 0 aromatic heterocycles. The Bertz CT molecular complexity index is 1950. The van der Waals surface area contributed by atoms with Crippen LogP contribution in [0.3, 0.4) is 0 Å². The number of phosphoric acid groups is 1. The number of ether oxygens (including phenoxy) is 3. The van der Waals surface area contributed by atoms with Crippen LogP contribution in [0.5, 0.6) is 0 Å². The van der Waals surface area contributed by atoms with Crippen molar-refractivity contribution in [2.45, 2.75) is 226 Å². The topological polar surface area (TPSA) is 155 Å². The fourth-order valence-electron chi connectivity index (χ4n) is 7.45. The van der Waals surface area contributed by atoms with Gasteiger partial charge < -0.3 is 24.2 Å². The van der Waals surface area contributed by atoms with E-state index in [-0.39, 0.29) is 25.9 Å². The van der Waals surface area contributed by atoms with Crippen LogP contribution in [0.25, 0.3) is 0 Å². The number of allylic oxidation sites excluding steroid dienone is 26. The molecule has 0 aliphatic rings. The summed E-state index contributed by atoms with van der Waals surface area (Å²) in [5.41, 5.74) is 0. The first kappa shape index (κ1) is 75.1. The van der Waals surface area contributed by atoms with Crippen LogP contribution in [0.4, 0.5) is 0 Å². The van der Waals surface area contributed by atoms with Crippen LogP contribution in [-0.4, -0.2) is 66.5 Å². The molecule has 0 spiro atoms. The van der Waals surface area contributed by atoms with E-state index < -0.39 is 57.8 Å². The van der Waals surface area contributed by atoms with E-state index in [1.807, 2.05) is 12.2 Å². The zero-order valence-corrected chi connectivity index (χ0v) is 50.6. The average molecular weight is 1130 g/mol. The van der Waals surface area contributed by atoms with E-state index in [1.165, 1.54) is 6.42 Å². The quantitative estimate of drug-likeness (QED) is 0.0197. The van der Waals surface area contributed by atoms with Gasteiger partial charge in [0, 0.05) is 19.3 Å². The Morgan fingerprint density at radius 2 is 0.637 bits per heavy atom. The number of rotatable bonds is 54. The first-order chi connectivity index (χ1) is 39.2. The molecule has 0 amide bonds. The number of carbonyl (C=O) groups excluding carboxylic acids is 3. The predicted molar refractivity (Wildman–Crippen MR) is 334 cm³/mol. The minimum Gasteiger partial charge on any atom is -0.462 e. The van der Waals surface area contributed by atoms with Crippen molar-refractivity contribution in [3.63, 3.8) is 0 Å². The van der Waals surface area contributed by atoms with E-state index in [2.05, 4.69) is 167 Å². The van der Waals surface area contributed by atoms with Gasteiger partial charge in [-0.3, -0.25) is 23.4 Å². The summed E-state index contributed by atoms with van der Waals surface area (Å²) in [5, 5.41) is 9.84. The van der Waals surface area contributed by atoms with E-state index >= 15 is 0 Å². The van der Waals surface area contributed by atoms with E-state index in [0.717, 1.165) is 141 Å². The first-order valence-electron chi connectivity index (χ1n) is 30.4. The lowest BCUT2D eigenvalue weighted by atomic mass is 10.1. The Morgan fingerprint density at radius 1 is 0.350 bits per heavy atom. The highest BCUT2D eigenvalue weighted by molar-refractivity contribution is 7.47. The average Bonchev–Trinajstić information content (AvgIpc) is 3.45. The van der Waals surface area contributed by atoms with Crippen molar-refractivity contribution in [2.75, 3.05) is 26.4 Å². The Hall–Kier alpha value is -4.90. The molecule has 0 bridgehead atoms. The molecule has 0 aromatic rings. The standard InChI is InChI=1S/C68H107O11P/c1-4-7-10-13-16-19-22-25-28-31-32-35-38-41-44-47-50-53-56-59-68(72)79-65(61-75-66(70)57-54-51-48-45-42-39-36-33-29-26-23-20-17-14-11-8-5-2)63-77-80(73,74)76-62-64(60-69)78-67(71)58-55-52-49-46-43-40-37-34-30-27-24-21-18-15-12-9-6-3/h7-12,16-21,25-30,32,35,37,40-41,44,50,53,64-65,69H,4-6,13-15,22-24,31,33-34,36,38-39,42-43,45-49,51-52,54-63H2,1-3H3,(H,73,74)/b10-7-,11-8-,12-9-,19-16-,20-17-,21-18-,28-25-,29-26-,30-27-,35-32-,40-37-,44-41-,53-50-. The number of aliphatic hydroxyl groups is 1. The molecule has 12 heteroatoms. The molecule has 0 heterocycles. The van der Waals surface area contributed by atoms with Crippen LogP contribution in [-0.2, 0) is 42.2 Å². The van der Waals surface area contributed by atoms with Crippen molar-refractivity contribution < 1.29 is 52.2 Å². The van der Waals surface area contributed by atoms with Crippen LogP contribution in [0.1, 0.15) is 213 Å². The zero-order chi connectivity index (χ0) is 58.3. The molecular weight excluding hydrogens is 1020 g/mol. The third-order valence-electron chi connectivity index (χ3n) is 11.9. The van der Waals surface area contributed by atoms with Gasteiger partial charge in [-0.25, -0.2) is 4.57 Å². The monoisotopic (exact) mass is 1130 g/mol. The highest BCUT2D eigenvalue weighted by Crippen LogP contribution is 2.43. The molecule has 0 saturated carbocycles. The summed E-state index contributed by atoms with van der Waals surface area (Å²) in [6.45, 7) is 4.17. The SMILES string of the molecule is CC/C=C\C/C=C\C/C=C\C/C=C\C/C=C\C/C=C\CCC(=O)OC(COC(=O)CCCCCCCCC/C=C\C/C=C\C/C=C\CC)COP(=O)(O)OCC(CO)OC(=O)CCCCCC/C=C\C/C=C\C/C=C\C/C=C\CC. The second-order valence-electron chi connectivity index (χ2n) is 19.4. The summed E-state index contributed by atoms with van der Waals surface area (Å²) in [6.07, 6.45) is 79.2. The maximum Gasteiger partial charge on any atom is 0.472 e. The number of unbranched alkanes of at least 4 members (excludes halogenated alkanes) is 11. The van der Waals surface area contributed by atoms with Gasteiger partial charge in [-0.15, -0.1) is 0 Å². The van der Waals surface area contributed by atoms with Crippen molar-refractivity contribution in [1.29, 1.82) is 0 Å². The molecule has 3 unspecified atom stereocenters. The van der Waals surface area contributed by atoms with E-state index in [1.54, 1.807) is 0 Å². The smallest absolute Gasteiger partial charge is 0.462 e. The molecule has 0 fully saturated rings. The highest BCUT2D eigenvalue weighted by atomic mass is 31.2. The predicted octanol–water partition coefficient (Wildman–Crippen LogP) is 18.5. The summed E-state index contributed by atoms with van der Waals surface area (Å²) >= 11 is 0. The number of aliphatic hydroxyl groups excluding tert-OH is 1. The van der Waals surface area contributed by atoms with Gasteiger partial charge >= 0.3 is 25.7 Å². The molecule has 0 rings (SSSR count). The van der Waals surface area contributed by atoms with Gasteiger partial charge in [-0.2, -0.15) is 0 Å². The molecule has 11 nitrogen and oxygen atoms in total. The Balaban J connectivity index is 4.89. The lowest BCUT2D eigenvalue weighted by Crippen LogP contribution is -2.30.